The summed E-state index contributed by atoms with van der Waals surface area (Å²) in [5.74, 6) is 0.103. The first kappa shape index (κ1) is 21.2. The second-order valence-corrected chi connectivity index (χ2v) is 6.12. The van der Waals surface area contributed by atoms with E-state index in [1.54, 1.807) is 0 Å². The molecule has 0 aliphatic rings. The lowest BCUT2D eigenvalue weighted by Crippen LogP contribution is -2.47. The first-order chi connectivity index (χ1) is 11.7. The highest BCUT2D eigenvalue weighted by Crippen LogP contribution is 2.14. The second-order valence-electron chi connectivity index (χ2n) is 6.12. The molecule has 0 radical (unpaired) electrons. The minimum Gasteiger partial charge on any atom is -0.323 e. The summed E-state index contributed by atoms with van der Waals surface area (Å²) >= 11 is 0. The third kappa shape index (κ3) is 6.18. The minimum absolute atomic E-state index is 0. The number of rotatable bonds is 8. The van der Waals surface area contributed by atoms with Crippen LogP contribution in [0.2, 0.25) is 0 Å². The maximum Gasteiger partial charge on any atom is 0.255 e. The molecule has 4 heteroatoms. The molecule has 2 aromatic rings. The van der Waals surface area contributed by atoms with Crippen molar-refractivity contribution in [3.05, 3.63) is 71.8 Å². The van der Waals surface area contributed by atoms with Crippen molar-refractivity contribution in [2.45, 2.75) is 33.2 Å². The highest BCUT2D eigenvalue weighted by Gasteiger charge is 2.23. The molecule has 0 bridgehead atoms. The lowest BCUT2D eigenvalue weighted by Gasteiger charge is -2.34. The molecule has 0 spiro atoms. The topological polar surface area (TPSA) is 23.6 Å². The normalized spacial score (nSPS) is 11.7. The molecule has 0 aliphatic carbocycles. The minimum atomic E-state index is 0. The van der Waals surface area contributed by atoms with Gasteiger partial charge in [0.15, 0.2) is 0 Å². The fourth-order valence-corrected chi connectivity index (χ4v) is 2.85. The van der Waals surface area contributed by atoms with Gasteiger partial charge in [0.2, 0.25) is 0 Å². The molecule has 25 heavy (non-hydrogen) atoms. The van der Waals surface area contributed by atoms with Crippen LogP contribution in [0.25, 0.3) is 0 Å². The number of carbonyl (C=O) groups excluding carboxylic acids is 1. The van der Waals surface area contributed by atoms with Gasteiger partial charge in [0, 0.05) is 11.6 Å². The molecular weight excluding hydrogens is 332 g/mol. The van der Waals surface area contributed by atoms with Gasteiger partial charge in [-0.2, -0.15) is 0 Å². The fourth-order valence-electron chi connectivity index (χ4n) is 2.85. The van der Waals surface area contributed by atoms with Gasteiger partial charge in [0.1, 0.15) is 0 Å². The van der Waals surface area contributed by atoms with Gasteiger partial charge < -0.3 is 4.90 Å². The van der Waals surface area contributed by atoms with E-state index in [9.17, 15) is 4.79 Å². The van der Waals surface area contributed by atoms with Crippen LogP contribution in [0, 0.1) is 0 Å². The van der Waals surface area contributed by atoms with Crippen molar-refractivity contribution in [2.75, 3.05) is 19.8 Å². The summed E-state index contributed by atoms with van der Waals surface area (Å²) in [5, 5.41) is 0. The van der Waals surface area contributed by atoms with Crippen molar-refractivity contribution in [3.63, 3.8) is 0 Å². The van der Waals surface area contributed by atoms with E-state index in [2.05, 4.69) is 49.9 Å². The van der Waals surface area contributed by atoms with Gasteiger partial charge in [0.25, 0.3) is 5.91 Å². The van der Waals surface area contributed by atoms with E-state index >= 15 is 0 Å². The van der Waals surface area contributed by atoms with Crippen molar-refractivity contribution in [1.82, 2.24) is 9.80 Å². The number of hydrogen-bond donors (Lipinski definition) is 0. The Morgan fingerprint density at radius 2 is 1.44 bits per heavy atom. The standard InChI is InChI=1S/C21H28N2O.ClH/c1-4-22(5-2)17-23(21(24)20-14-10-7-11-15-20)18(3)16-19-12-8-6-9-13-19;/h6-15,18H,4-5,16-17H2,1-3H3;1H. The average Bonchev–Trinajstić information content (AvgIpc) is 2.63. The van der Waals surface area contributed by atoms with Crippen molar-refractivity contribution in [3.8, 4) is 0 Å². The third-order valence-electron chi connectivity index (χ3n) is 4.43. The third-order valence-corrected chi connectivity index (χ3v) is 4.43. The van der Waals surface area contributed by atoms with Crippen LogP contribution in [0.15, 0.2) is 60.7 Å². The Hall–Kier alpha value is -1.84. The summed E-state index contributed by atoms with van der Waals surface area (Å²) in [5.41, 5.74) is 2.01. The van der Waals surface area contributed by atoms with Gasteiger partial charge in [-0.15, -0.1) is 12.4 Å². The number of amides is 1. The Labute approximate surface area is 158 Å². The summed E-state index contributed by atoms with van der Waals surface area (Å²) < 4.78 is 0. The van der Waals surface area contributed by atoms with E-state index in [1.165, 1.54) is 5.56 Å². The average molecular weight is 361 g/mol. The quantitative estimate of drug-likeness (QED) is 0.648. The lowest BCUT2D eigenvalue weighted by molar-refractivity contribution is 0.0539. The summed E-state index contributed by atoms with van der Waals surface area (Å²) in [4.78, 5) is 17.3. The van der Waals surface area contributed by atoms with E-state index in [-0.39, 0.29) is 24.4 Å². The molecular formula is C21H29ClN2O. The van der Waals surface area contributed by atoms with E-state index in [1.807, 2.05) is 41.3 Å². The van der Waals surface area contributed by atoms with Crippen LogP contribution < -0.4 is 0 Å². The molecule has 0 fully saturated rings. The molecule has 0 heterocycles. The van der Waals surface area contributed by atoms with Crippen LogP contribution in [-0.2, 0) is 6.42 Å². The van der Waals surface area contributed by atoms with Crippen LogP contribution in [0.4, 0.5) is 0 Å². The Morgan fingerprint density at radius 3 is 1.96 bits per heavy atom. The van der Waals surface area contributed by atoms with Crippen molar-refractivity contribution in [1.29, 1.82) is 0 Å². The number of nitrogens with zero attached hydrogens (tertiary/aromatic N) is 2. The first-order valence-electron chi connectivity index (χ1n) is 8.78. The predicted octanol–water partition coefficient (Wildman–Crippen LogP) is 4.48. The number of hydrogen-bond acceptors (Lipinski definition) is 2. The highest BCUT2D eigenvalue weighted by atomic mass is 35.5. The number of halogens is 1. The number of carbonyl (C=O) groups is 1. The second kappa shape index (κ2) is 10.9. The molecule has 1 atom stereocenters. The molecule has 136 valence electrons. The molecule has 0 saturated carbocycles. The Morgan fingerprint density at radius 1 is 0.920 bits per heavy atom. The monoisotopic (exact) mass is 360 g/mol. The maximum absolute atomic E-state index is 13.0. The van der Waals surface area contributed by atoms with Gasteiger partial charge in [-0.3, -0.25) is 9.69 Å². The summed E-state index contributed by atoms with van der Waals surface area (Å²) in [6, 6.07) is 20.1. The van der Waals surface area contributed by atoms with Gasteiger partial charge in [-0.1, -0.05) is 62.4 Å². The zero-order valence-corrected chi connectivity index (χ0v) is 16.2. The molecule has 0 aromatic heterocycles. The Bertz CT molecular complexity index is 614. The van der Waals surface area contributed by atoms with Crippen molar-refractivity contribution >= 4 is 18.3 Å². The van der Waals surface area contributed by atoms with Gasteiger partial charge in [0.05, 0.1) is 6.67 Å². The summed E-state index contributed by atoms with van der Waals surface area (Å²) in [6.45, 7) is 8.94. The molecule has 0 saturated heterocycles. The first-order valence-corrected chi connectivity index (χ1v) is 8.78. The molecule has 3 nitrogen and oxygen atoms in total. The van der Waals surface area contributed by atoms with Crippen LogP contribution in [0.1, 0.15) is 36.7 Å². The molecule has 2 rings (SSSR count). The van der Waals surface area contributed by atoms with Crippen LogP contribution in [0.3, 0.4) is 0 Å². The lowest BCUT2D eigenvalue weighted by atomic mass is 10.1. The summed E-state index contributed by atoms with van der Waals surface area (Å²) in [6.07, 6.45) is 0.862. The smallest absolute Gasteiger partial charge is 0.255 e. The predicted molar refractivity (Wildman–Crippen MR) is 107 cm³/mol. The van der Waals surface area contributed by atoms with E-state index < -0.39 is 0 Å². The zero-order chi connectivity index (χ0) is 17.4. The molecule has 2 aromatic carbocycles. The van der Waals surface area contributed by atoms with Gasteiger partial charge >= 0.3 is 0 Å². The molecule has 0 aliphatic heterocycles. The Balaban J connectivity index is 0.00000312. The van der Waals surface area contributed by atoms with Crippen LogP contribution in [0.5, 0.6) is 0 Å². The molecule has 1 unspecified atom stereocenters. The van der Waals surface area contributed by atoms with Crippen LogP contribution >= 0.6 is 12.4 Å². The maximum atomic E-state index is 13.0. The van der Waals surface area contributed by atoms with Gasteiger partial charge in [-0.25, -0.2) is 0 Å². The van der Waals surface area contributed by atoms with Gasteiger partial charge in [-0.05, 0) is 44.1 Å². The van der Waals surface area contributed by atoms with E-state index in [4.69, 9.17) is 0 Å². The number of benzene rings is 2. The van der Waals surface area contributed by atoms with Crippen LogP contribution in [-0.4, -0.2) is 41.5 Å². The summed E-state index contributed by atoms with van der Waals surface area (Å²) in [7, 11) is 0. The SMILES string of the molecule is CCN(CC)CN(C(=O)c1ccccc1)C(C)Cc1ccccc1.Cl. The zero-order valence-electron chi connectivity index (χ0n) is 15.4. The van der Waals surface area contributed by atoms with Crippen molar-refractivity contribution < 1.29 is 4.79 Å². The Kier molecular flexibility index (Phi) is 9.25. The molecule has 0 N–H and O–H groups in total. The fraction of sp³-hybridized carbons (Fsp3) is 0.381. The molecule has 1 amide bonds. The van der Waals surface area contributed by atoms with E-state index in [0.29, 0.717) is 6.67 Å². The largest absolute Gasteiger partial charge is 0.323 e. The van der Waals surface area contributed by atoms with E-state index in [0.717, 1.165) is 25.1 Å². The highest BCUT2D eigenvalue weighted by molar-refractivity contribution is 5.94. The van der Waals surface area contributed by atoms with Crippen molar-refractivity contribution in [2.24, 2.45) is 0 Å².